The van der Waals surface area contributed by atoms with Gasteiger partial charge >= 0.3 is 0 Å². The number of carbonyl (C=O) groups is 1. The molecule has 2 N–H and O–H groups in total. The van der Waals surface area contributed by atoms with E-state index in [9.17, 15) is 13.6 Å². The third-order valence-electron chi connectivity index (χ3n) is 4.85. The summed E-state index contributed by atoms with van der Waals surface area (Å²) in [4.78, 5) is 13.1. The SMILES string of the molecule is Cc1cccc(C2(CCCN)OC(c3cc(F)ccc3F)=NN2C(=O)C(C)C)c1. The molecule has 0 saturated heterocycles. The number of hydrogen-bond donors (Lipinski definition) is 1. The van der Waals surface area contributed by atoms with Crippen molar-refractivity contribution in [1.29, 1.82) is 0 Å². The number of ether oxygens (including phenoxy) is 1. The Morgan fingerprint density at radius 2 is 2.00 bits per heavy atom. The average molecular weight is 401 g/mol. The smallest absolute Gasteiger partial charge is 0.249 e. The lowest BCUT2D eigenvalue weighted by Gasteiger charge is -2.36. The van der Waals surface area contributed by atoms with Crippen LogP contribution < -0.4 is 5.73 Å². The first kappa shape index (κ1) is 20.9. The number of rotatable bonds is 6. The second-order valence-corrected chi connectivity index (χ2v) is 7.48. The maximum atomic E-state index is 14.4. The van der Waals surface area contributed by atoms with Crippen LogP contribution in [0.3, 0.4) is 0 Å². The Morgan fingerprint density at radius 3 is 2.66 bits per heavy atom. The van der Waals surface area contributed by atoms with Gasteiger partial charge in [0, 0.05) is 17.9 Å². The summed E-state index contributed by atoms with van der Waals surface area (Å²) in [5.74, 6) is -2.09. The summed E-state index contributed by atoms with van der Waals surface area (Å²) in [6.07, 6.45) is 0.902. The molecular formula is C22H25F2N3O2. The molecule has 0 aliphatic carbocycles. The summed E-state index contributed by atoms with van der Waals surface area (Å²) >= 11 is 0. The van der Waals surface area contributed by atoms with Crippen LogP contribution in [-0.4, -0.2) is 23.4 Å². The summed E-state index contributed by atoms with van der Waals surface area (Å²) in [5.41, 5.74) is 6.01. The third-order valence-corrected chi connectivity index (χ3v) is 4.85. The minimum atomic E-state index is -1.28. The van der Waals surface area contributed by atoms with Crippen molar-refractivity contribution in [3.05, 3.63) is 70.8 Å². The maximum absolute atomic E-state index is 14.4. The lowest BCUT2D eigenvalue weighted by atomic mass is 9.94. The second-order valence-electron chi connectivity index (χ2n) is 7.48. The quantitative estimate of drug-likeness (QED) is 0.794. The van der Waals surface area contributed by atoms with E-state index >= 15 is 0 Å². The Kier molecular flexibility index (Phi) is 5.98. The molecule has 29 heavy (non-hydrogen) atoms. The minimum absolute atomic E-state index is 0.130. The molecule has 154 valence electrons. The summed E-state index contributed by atoms with van der Waals surface area (Å²) in [6, 6.07) is 10.6. The molecule has 1 atom stereocenters. The van der Waals surface area contributed by atoms with Crippen LogP contribution in [0.15, 0.2) is 47.6 Å². The van der Waals surface area contributed by atoms with Crippen molar-refractivity contribution < 1.29 is 18.3 Å². The fraction of sp³-hybridized carbons (Fsp3) is 0.364. The highest BCUT2D eigenvalue weighted by molar-refractivity contribution is 5.97. The molecular weight excluding hydrogens is 376 g/mol. The van der Waals surface area contributed by atoms with E-state index in [1.54, 1.807) is 13.8 Å². The van der Waals surface area contributed by atoms with Crippen LogP contribution in [0.2, 0.25) is 0 Å². The summed E-state index contributed by atoms with van der Waals surface area (Å²) in [6.45, 7) is 5.81. The number of benzene rings is 2. The largest absolute Gasteiger partial charge is 0.443 e. The Balaban J connectivity index is 2.18. The van der Waals surface area contributed by atoms with Crippen LogP contribution in [0.1, 0.15) is 43.4 Å². The molecule has 0 spiro atoms. The van der Waals surface area contributed by atoms with E-state index in [1.807, 2.05) is 31.2 Å². The van der Waals surface area contributed by atoms with Crippen molar-refractivity contribution >= 4 is 11.8 Å². The van der Waals surface area contributed by atoms with E-state index in [0.717, 1.165) is 23.8 Å². The normalized spacial score (nSPS) is 18.7. The number of halogens is 2. The molecule has 1 heterocycles. The molecule has 2 aromatic rings. The highest BCUT2D eigenvalue weighted by atomic mass is 19.1. The zero-order chi connectivity index (χ0) is 21.2. The van der Waals surface area contributed by atoms with Gasteiger partial charge in [-0.05, 0) is 38.1 Å². The van der Waals surface area contributed by atoms with Gasteiger partial charge in [-0.3, -0.25) is 4.79 Å². The monoisotopic (exact) mass is 401 g/mol. The van der Waals surface area contributed by atoms with Crippen LogP contribution in [0.25, 0.3) is 0 Å². The number of carbonyl (C=O) groups excluding carboxylic acids is 1. The molecule has 2 aromatic carbocycles. The lowest BCUT2D eigenvalue weighted by molar-refractivity contribution is -0.156. The molecule has 0 saturated carbocycles. The number of aryl methyl sites for hydroxylation is 1. The Bertz CT molecular complexity index is 945. The Morgan fingerprint density at radius 1 is 1.24 bits per heavy atom. The van der Waals surface area contributed by atoms with Gasteiger partial charge in [0.25, 0.3) is 0 Å². The van der Waals surface area contributed by atoms with E-state index in [4.69, 9.17) is 10.5 Å². The topological polar surface area (TPSA) is 67.9 Å². The number of hydrogen-bond acceptors (Lipinski definition) is 4. The van der Waals surface area contributed by atoms with Crippen molar-refractivity contribution in [3.63, 3.8) is 0 Å². The Labute approximate surface area is 169 Å². The number of nitrogens with zero attached hydrogens (tertiary/aromatic N) is 2. The van der Waals surface area contributed by atoms with Gasteiger partial charge in [0.15, 0.2) is 0 Å². The van der Waals surface area contributed by atoms with Gasteiger partial charge in [0.05, 0.1) is 5.56 Å². The van der Waals surface area contributed by atoms with Crippen molar-refractivity contribution in [2.45, 2.75) is 39.3 Å². The summed E-state index contributed by atoms with van der Waals surface area (Å²) in [5, 5.41) is 5.59. The van der Waals surface area contributed by atoms with E-state index in [2.05, 4.69) is 5.10 Å². The van der Waals surface area contributed by atoms with Crippen LogP contribution in [0.4, 0.5) is 8.78 Å². The number of hydrazone groups is 1. The van der Waals surface area contributed by atoms with E-state index < -0.39 is 17.4 Å². The van der Waals surface area contributed by atoms with Gasteiger partial charge in [-0.1, -0.05) is 43.7 Å². The summed E-state index contributed by atoms with van der Waals surface area (Å²) in [7, 11) is 0. The highest BCUT2D eigenvalue weighted by Crippen LogP contribution is 2.42. The minimum Gasteiger partial charge on any atom is -0.443 e. The average Bonchev–Trinajstić information content (AvgIpc) is 3.08. The fourth-order valence-electron chi connectivity index (χ4n) is 3.35. The van der Waals surface area contributed by atoms with E-state index in [0.29, 0.717) is 24.9 Å². The molecule has 1 aliphatic heterocycles. The van der Waals surface area contributed by atoms with Gasteiger partial charge in [-0.15, -0.1) is 5.10 Å². The molecule has 5 nitrogen and oxygen atoms in total. The second kappa shape index (κ2) is 8.29. The predicted molar refractivity (Wildman–Crippen MR) is 107 cm³/mol. The standard InChI is InChI=1S/C22H25F2N3O2/c1-14(2)21(28)27-22(10-5-11-25,16-7-4-6-15(3)12-16)29-20(26-27)18-13-17(23)8-9-19(18)24/h4,6-9,12-14H,5,10-11,25H2,1-3H3. The van der Waals surface area contributed by atoms with Crippen LogP contribution in [-0.2, 0) is 15.3 Å². The van der Waals surface area contributed by atoms with Crippen molar-refractivity contribution in [2.75, 3.05) is 6.54 Å². The van der Waals surface area contributed by atoms with Crippen LogP contribution in [0, 0.1) is 24.5 Å². The third kappa shape index (κ3) is 4.00. The van der Waals surface area contributed by atoms with Crippen molar-refractivity contribution in [3.8, 4) is 0 Å². The number of nitrogens with two attached hydrogens (primary N) is 1. The molecule has 0 aromatic heterocycles. The molecule has 1 unspecified atom stereocenters. The highest BCUT2D eigenvalue weighted by Gasteiger charge is 2.50. The zero-order valence-corrected chi connectivity index (χ0v) is 16.8. The zero-order valence-electron chi connectivity index (χ0n) is 16.8. The molecule has 0 radical (unpaired) electrons. The van der Waals surface area contributed by atoms with Gasteiger partial charge in [-0.25, -0.2) is 8.78 Å². The van der Waals surface area contributed by atoms with Gasteiger partial charge in [-0.2, -0.15) is 5.01 Å². The van der Waals surface area contributed by atoms with E-state index in [1.165, 1.54) is 5.01 Å². The first-order valence-electron chi connectivity index (χ1n) is 9.63. The summed E-state index contributed by atoms with van der Waals surface area (Å²) < 4.78 is 34.4. The molecule has 0 fully saturated rings. The first-order valence-corrected chi connectivity index (χ1v) is 9.63. The molecule has 0 bridgehead atoms. The maximum Gasteiger partial charge on any atom is 0.249 e. The fourth-order valence-corrected chi connectivity index (χ4v) is 3.35. The molecule has 1 aliphatic rings. The number of amides is 1. The Hall–Kier alpha value is -2.80. The predicted octanol–water partition coefficient (Wildman–Crippen LogP) is 4.04. The molecule has 1 amide bonds. The van der Waals surface area contributed by atoms with Crippen molar-refractivity contribution in [1.82, 2.24) is 5.01 Å². The van der Waals surface area contributed by atoms with Gasteiger partial charge in [0.1, 0.15) is 11.6 Å². The van der Waals surface area contributed by atoms with Crippen LogP contribution >= 0.6 is 0 Å². The van der Waals surface area contributed by atoms with Gasteiger partial charge < -0.3 is 10.5 Å². The van der Waals surface area contributed by atoms with Gasteiger partial charge in [0.2, 0.25) is 17.5 Å². The van der Waals surface area contributed by atoms with Crippen molar-refractivity contribution in [2.24, 2.45) is 16.8 Å². The van der Waals surface area contributed by atoms with Crippen LogP contribution in [0.5, 0.6) is 0 Å². The molecule has 7 heteroatoms. The lowest BCUT2D eigenvalue weighted by Crippen LogP contribution is -2.46. The van der Waals surface area contributed by atoms with E-state index in [-0.39, 0.29) is 23.3 Å². The molecule has 3 rings (SSSR count). The first-order chi connectivity index (χ1) is 13.8.